The van der Waals surface area contributed by atoms with E-state index in [-0.39, 0.29) is 5.75 Å². The molecule has 0 radical (unpaired) electrons. The highest BCUT2D eigenvalue weighted by molar-refractivity contribution is 5.96. The summed E-state index contributed by atoms with van der Waals surface area (Å²) in [6, 6.07) is 11.1. The molecule has 0 bridgehead atoms. The van der Waals surface area contributed by atoms with Crippen LogP contribution >= 0.6 is 0 Å². The van der Waals surface area contributed by atoms with Gasteiger partial charge in [0.15, 0.2) is 0 Å². The summed E-state index contributed by atoms with van der Waals surface area (Å²) in [7, 11) is 1.63. The molecule has 0 aliphatic carbocycles. The van der Waals surface area contributed by atoms with Gasteiger partial charge < -0.3 is 14.3 Å². The lowest BCUT2D eigenvalue weighted by atomic mass is 9.96. The fraction of sp³-hybridized carbons (Fsp3) is 0.375. The molecule has 0 spiro atoms. The molecule has 152 valence electrons. The second-order valence-corrected chi connectivity index (χ2v) is 8.08. The van der Waals surface area contributed by atoms with Gasteiger partial charge in [0.25, 0.3) is 0 Å². The number of ether oxygens (including phenoxy) is 1. The predicted octanol–water partition coefficient (Wildman–Crippen LogP) is 4.71. The smallest absolute Gasteiger partial charge is 0.336 e. The monoisotopic (exact) mass is 393 g/mol. The van der Waals surface area contributed by atoms with Crippen molar-refractivity contribution in [3.05, 3.63) is 57.9 Å². The van der Waals surface area contributed by atoms with E-state index in [0.29, 0.717) is 23.6 Å². The number of phenolic OH excluding ortho intramolecular Hbond substituents is 1. The summed E-state index contributed by atoms with van der Waals surface area (Å²) in [5.74, 6) is 1.64. The quantitative estimate of drug-likeness (QED) is 0.650. The number of rotatable bonds is 4. The molecule has 1 N–H and O–H groups in total. The van der Waals surface area contributed by atoms with E-state index in [0.717, 1.165) is 40.9 Å². The Morgan fingerprint density at radius 1 is 1.24 bits per heavy atom. The van der Waals surface area contributed by atoms with E-state index in [1.54, 1.807) is 14.0 Å². The van der Waals surface area contributed by atoms with Gasteiger partial charge in [0.05, 0.1) is 7.11 Å². The largest absolute Gasteiger partial charge is 0.507 e. The van der Waals surface area contributed by atoms with Gasteiger partial charge in [-0.2, -0.15) is 0 Å². The summed E-state index contributed by atoms with van der Waals surface area (Å²) in [6.45, 7) is 6.84. The number of nitrogens with zero attached hydrogens (tertiary/aromatic N) is 1. The van der Waals surface area contributed by atoms with Crippen LogP contribution in [0.2, 0.25) is 0 Å². The van der Waals surface area contributed by atoms with E-state index < -0.39 is 5.63 Å². The molecule has 0 saturated carbocycles. The van der Waals surface area contributed by atoms with Gasteiger partial charge in [0, 0.05) is 35.7 Å². The standard InChI is InChI=1S/C24H27NO4/c1-15-5-4-10-25(13-15)14-18-11-21-20(17-6-8-19(28-3)9-7-17)12-22(26)29-24(21)16(2)23(18)27/h6-9,11-12,15,27H,4-5,10,13-14H2,1-3H3. The Morgan fingerprint density at radius 3 is 2.69 bits per heavy atom. The van der Waals surface area contributed by atoms with E-state index in [2.05, 4.69) is 11.8 Å². The Bertz CT molecular complexity index is 1080. The molecule has 2 aromatic carbocycles. The van der Waals surface area contributed by atoms with Crippen LogP contribution < -0.4 is 10.4 Å². The Morgan fingerprint density at radius 2 is 2.00 bits per heavy atom. The summed E-state index contributed by atoms with van der Waals surface area (Å²) < 4.78 is 10.7. The number of phenols is 1. The zero-order chi connectivity index (χ0) is 20.5. The summed E-state index contributed by atoms with van der Waals surface area (Å²) >= 11 is 0. The van der Waals surface area contributed by atoms with Crippen molar-refractivity contribution >= 4 is 11.0 Å². The Kier molecular flexibility index (Phi) is 5.33. The summed E-state index contributed by atoms with van der Waals surface area (Å²) in [6.07, 6.45) is 2.44. The molecule has 4 rings (SSSR count). The summed E-state index contributed by atoms with van der Waals surface area (Å²) in [5, 5.41) is 11.6. The maximum atomic E-state index is 12.2. The van der Waals surface area contributed by atoms with Gasteiger partial charge in [-0.1, -0.05) is 19.1 Å². The van der Waals surface area contributed by atoms with Crippen molar-refractivity contribution in [1.29, 1.82) is 0 Å². The van der Waals surface area contributed by atoms with E-state index >= 15 is 0 Å². The van der Waals surface area contributed by atoms with Gasteiger partial charge in [-0.25, -0.2) is 4.79 Å². The first kappa shape index (κ1) is 19.5. The van der Waals surface area contributed by atoms with Gasteiger partial charge in [0.2, 0.25) is 0 Å². The first-order valence-corrected chi connectivity index (χ1v) is 10.1. The lowest BCUT2D eigenvalue weighted by molar-refractivity contribution is 0.175. The SMILES string of the molecule is COc1ccc(-c2cc(=O)oc3c(C)c(O)c(CN4CCCC(C)C4)cc23)cc1. The van der Waals surface area contributed by atoms with E-state index in [4.69, 9.17) is 9.15 Å². The Labute approximate surface area is 170 Å². The topological polar surface area (TPSA) is 62.9 Å². The molecule has 1 unspecified atom stereocenters. The van der Waals surface area contributed by atoms with Crippen molar-refractivity contribution in [2.24, 2.45) is 5.92 Å². The number of methoxy groups -OCH3 is 1. The van der Waals surface area contributed by atoms with Gasteiger partial charge in [-0.05, 0) is 61.6 Å². The van der Waals surface area contributed by atoms with Gasteiger partial charge in [0.1, 0.15) is 17.1 Å². The molecule has 1 fully saturated rings. The highest BCUT2D eigenvalue weighted by Gasteiger charge is 2.21. The first-order chi connectivity index (χ1) is 14.0. The number of hydrogen-bond acceptors (Lipinski definition) is 5. The number of benzene rings is 2. The second-order valence-electron chi connectivity index (χ2n) is 8.08. The van der Waals surface area contributed by atoms with Crippen LogP contribution in [0.25, 0.3) is 22.1 Å². The number of likely N-dealkylation sites (tertiary alicyclic amines) is 1. The molecule has 1 aromatic heterocycles. The number of aromatic hydroxyl groups is 1. The fourth-order valence-electron chi connectivity index (χ4n) is 4.32. The average molecular weight is 393 g/mol. The third-order valence-corrected chi connectivity index (χ3v) is 5.85. The average Bonchev–Trinajstić information content (AvgIpc) is 2.72. The van der Waals surface area contributed by atoms with E-state index in [9.17, 15) is 9.90 Å². The predicted molar refractivity (Wildman–Crippen MR) is 115 cm³/mol. The van der Waals surface area contributed by atoms with Crippen molar-refractivity contribution in [2.45, 2.75) is 33.2 Å². The highest BCUT2D eigenvalue weighted by atomic mass is 16.5. The maximum Gasteiger partial charge on any atom is 0.336 e. The zero-order valence-electron chi connectivity index (χ0n) is 17.2. The van der Waals surface area contributed by atoms with Gasteiger partial charge >= 0.3 is 5.63 Å². The third kappa shape index (κ3) is 3.87. The molecular formula is C24H27NO4. The molecule has 1 saturated heterocycles. The molecule has 5 heteroatoms. The lowest BCUT2D eigenvalue weighted by Gasteiger charge is -2.31. The molecule has 5 nitrogen and oxygen atoms in total. The number of piperidine rings is 1. The van der Waals surface area contributed by atoms with Crippen LogP contribution in [0.1, 0.15) is 30.9 Å². The van der Waals surface area contributed by atoms with Crippen LogP contribution in [0.3, 0.4) is 0 Å². The maximum absolute atomic E-state index is 12.2. The van der Waals surface area contributed by atoms with Crippen molar-refractivity contribution < 1.29 is 14.3 Å². The molecular weight excluding hydrogens is 366 g/mol. The van der Waals surface area contributed by atoms with Crippen LogP contribution in [0.4, 0.5) is 0 Å². The normalized spacial score (nSPS) is 17.6. The van der Waals surface area contributed by atoms with Crippen molar-refractivity contribution in [3.8, 4) is 22.6 Å². The van der Waals surface area contributed by atoms with Crippen molar-refractivity contribution in [2.75, 3.05) is 20.2 Å². The summed E-state index contributed by atoms with van der Waals surface area (Å²) in [4.78, 5) is 14.6. The van der Waals surface area contributed by atoms with Crippen molar-refractivity contribution in [1.82, 2.24) is 4.90 Å². The molecule has 2 heterocycles. The third-order valence-electron chi connectivity index (χ3n) is 5.85. The Hall–Kier alpha value is -2.79. The fourth-order valence-corrected chi connectivity index (χ4v) is 4.32. The molecule has 1 aliphatic heterocycles. The molecule has 0 amide bonds. The number of fused-ring (bicyclic) bond motifs is 1. The minimum Gasteiger partial charge on any atom is -0.507 e. The second kappa shape index (κ2) is 7.91. The minimum absolute atomic E-state index is 0.214. The summed E-state index contributed by atoms with van der Waals surface area (Å²) in [5.41, 5.74) is 3.20. The van der Waals surface area contributed by atoms with E-state index in [1.165, 1.54) is 18.9 Å². The van der Waals surface area contributed by atoms with Crippen LogP contribution in [0, 0.1) is 12.8 Å². The number of hydrogen-bond donors (Lipinski definition) is 1. The van der Waals surface area contributed by atoms with E-state index in [1.807, 2.05) is 30.3 Å². The van der Waals surface area contributed by atoms with Crippen LogP contribution in [-0.2, 0) is 6.54 Å². The Balaban J connectivity index is 1.83. The number of aryl methyl sites for hydroxylation is 1. The molecule has 3 aromatic rings. The van der Waals surface area contributed by atoms with Crippen molar-refractivity contribution in [3.63, 3.8) is 0 Å². The van der Waals surface area contributed by atoms with Gasteiger partial charge in [-0.15, -0.1) is 0 Å². The molecule has 29 heavy (non-hydrogen) atoms. The molecule has 1 atom stereocenters. The van der Waals surface area contributed by atoms with Crippen LogP contribution in [0.5, 0.6) is 11.5 Å². The minimum atomic E-state index is -0.427. The zero-order valence-corrected chi connectivity index (χ0v) is 17.2. The van der Waals surface area contributed by atoms with Crippen LogP contribution in [-0.4, -0.2) is 30.2 Å². The first-order valence-electron chi connectivity index (χ1n) is 10.1. The van der Waals surface area contributed by atoms with Crippen LogP contribution in [0.15, 0.2) is 45.6 Å². The lowest BCUT2D eigenvalue weighted by Crippen LogP contribution is -2.33. The van der Waals surface area contributed by atoms with Gasteiger partial charge in [-0.3, -0.25) is 4.90 Å². The molecule has 1 aliphatic rings. The highest BCUT2D eigenvalue weighted by Crippen LogP contribution is 2.36.